The van der Waals surface area contributed by atoms with Crippen LogP contribution in [0, 0.1) is 0 Å². The number of nitrogens with one attached hydrogen (secondary N) is 1. The van der Waals surface area contributed by atoms with Crippen LogP contribution < -0.4 is 11.1 Å². The van der Waals surface area contributed by atoms with E-state index < -0.39 is 18.5 Å². The number of carbonyl (C=O) groups excluding carboxylic acids is 1. The molecule has 0 spiro atoms. The van der Waals surface area contributed by atoms with Gasteiger partial charge < -0.3 is 15.4 Å². The maximum Gasteiger partial charge on any atom is 0.428 e. The summed E-state index contributed by atoms with van der Waals surface area (Å²) in [6.45, 7) is 0.860. The van der Waals surface area contributed by atoms with Crippen LogP contribution in [0.15, 0.2) is 0 Å². The lowest BCUT2D eigenvalue weighted by molar-refractivity contribution is -0.221. The highest BCUT2D eigenvalue weighted by atomic mass is 19.4. The molecule has 0 radical (unpaired) electrons. The largest absolute Gasteiger partial charge is 0.428 e. The Balaban J connectivity index is 1.88. The molecule has 1 amide bonds. The number of piperidine rings is 1. The van der Waals surface area contributed by atoms with Crippen molar-refractivity contribution in [2.24, 2.45) is 5.73 Å². The minimum absolute atomic E-state index is 0.0691. The van der Waals surface area contributed by atoms with Crippen molar-refractivity contribution < 1.29 is 22.7 Å². The summed E-state index contributed by atoms with van der Waals surface area (Å²) in [6.07, 6.45) is -6.23. The van der Waals surface area contributed by atoms with E-state index in [9.17, 15) is 18.0 Å². The van der Waals surface area contributed by atoms with E-state index in [0.717, 1.165) is 0 Å². The van der Waals surface area contributed by atoms with Crippen LogP contribution in [0.1, 0.15) is 12.8 Å². The first-order valence-electron chi connectivity index (χ1n) is 5.88. The van der Waals surface area contributed by atoms with E-state index in [1.807, 2.05) is 0 Å². The molecule has 2 aliphatic heterocycles. The molecule has 2 heterocycles. The highest BCUT2D eigenvalue weighted by Gasteiger charge is 2.47. The summed E-state index contributed by atoms with van der Waals surface area (Å²) < 4.78 is 41.8. The second-order valence-corrected chi connectivity index (χ2v) is 4.62. The van der Waals surface area contributed by atoms with Crippen LogP contribution in [0.4, 0.5) is 13.2 Å². The van der Waals surface area contributed by atoms with Gasteiger partial charge in [-0.15, -0.1) is 0 Å². The van der Waals surface area contributed by atoms with Gasteiger partial charge in [0.25, 0.3) is 5.91 Å². The number of hydrogen-bond acceptors (Lipinski definition) is 4. The standard InChI is InChI=1S/C10H16F3N3O2/c11-10(12,13)9-15-5-7(18-9)8(17)16-3-1-6(14)2-4-16/h6-7,9,15H,1-5,14H2. The van der Waals surface area contributed by atoms with Crippen LogP contribution in [0.25, 0.3) is 0 Å². The van der Waals surface area contributed by atoms with Crippen LogP contribution in [-0.2, 0) is 9.53 Å². The number of amides is 1. The molecule has 0 saturated carbocycles. The van der Waals surface area contributed by atoms with Crippen molar-refractivity contribution in [1.29, 1.82) is 0 Å². The molecule has 0 aromatic carbocycles. The van der Waals surface area contributed by atoms with Gasteiger partial charge in [-0.1, -0.05) is 0 Å². The van der Waals surface area contributed by atoms with E-state index in [0.29, 0.717) is 25.9 Å². The number of ether oxygens (including phenoxy) is 1. The average molecular weight is 267 g/mol. The summed E-state index contributed by atoms with van der Waals surface area (Å²) in [7, 11) is 0. The number of carbonyl (C=O) groups is 1. The Morgan fingerprint density at radius 1 is 1.33 bits per heavy atom. The number of nitrogens with two attached hydrogens (primary N) is 1. The van der Waals surface area contributed by atoms with E-state index in [1.54, 1.807) is 0 Å². The van der Waals surface area contributed by atoms with Gasteiger partial charge >= 0.3 is 6.18 Å². The van der Waals surface area contributed by atoms with Crippen molar-refractivity contribution in [2.45, 2.75) is 37.4 Å². The molecule has 18 heavy (non-hydrogen) atoms. The fraction of sp³-hybridized carbons (Fsp3) is 0.900. The third-order valence-corrected chi connectivity index (χ3v) is 3.21. The lowest BCUT2D eigenvalue weighted by atomic mass is 10.1. The maximum atomic E-state index is 12.4. The highest BCUT2D eigenvalue weighted by molar-refractivity contribution is 5.81. The highest BCUT2D eigenvalue weighted by Crippen LogP contribution is 2.26. The molecule has 0 aromatic heterocycles. The maximum absolute atomic E-state index is 12.4. The Bertz CT molecular complexity index is 316. The van der Waals surface area contributed by atoms with Gasteiger partial charge in [-0.3, -0.25) is 10.1 Å². The Labute approximate surface area is 102 Å². The van der Waals surface area contributed by atoms with Gasteiger partial charge in [0, 0.05) is 25.7 Å². The van der Waals surface area contributed by atoms with E-state index in [1.165, 1.54) is 4.90 Å². The second kappa shape index (κ2) is 5.02. The van der Waals surface area contributed by atoms with E-state index in [2.05, 4.69) is 5.32 Å². The molecule has 2 unspecified atom stereocenters. The number of rotatable bonds is 1. The van der Waals surface area contributed by atoms with E-state index >= 15 is 0 Å². The average Bonchev–Trinajstić information content (AvgIpc) is 2.78. The summed E-state index contributed by atoms with van der Waals surface area (Å²) in [4.78, 5) is 13.5. The predicted octanol–water partition coefficient (Wildman–Crippen LogP) is -0.187. The molecule has 2 saturated heterocycles. The predicted molar refractivity (Wildman–Crippen MR) is 56.5 cm³/mol. The van der Waals surface area contributed by atoms with Gasteiger partial charge in [-0.05, 0) is 12.8 Å². The molecule has 5 nitrogen and oxygen atoms in total. The van der Waals surface area contributed by atoms with Crippen molar-refractivity contribution in [3.63, 3.8) is 0 Å². The summed E-state index contributed by atoms with van der Waals surface area (Å²) in [6, 6.07) is 0.0691. The summed E-state index contributed by atoms with van der Waals surface area (Å²) in [5, 5.41) is 2.16. The van der Waals surface area contributed by atoms with Crippen molar-refractivity contribution >= 4 is 5.91 Å². The number of halogens is 3. The number of hydrogen-bond donors (Lipinski definition) is 2. The van der Waals surface area contributed by atoms with Crippen LogP contribution in [0.2, 0.25) is 0 Å². The third-order valence-electron chi connectivity index (χ3n) is 3.21. The Morgan fingerprint density at radius 3 is 2.44 bits per heavy atom. The summed E-state index contributed by atoms with van der Waals surface area (Å²) in [5.41, 5.74) is 5.70. The Kier molecular flexibility index (Phi) is 3.79. The first-order valence-corrected chi connectivity index (χ1v) is 5.88. The zero-order chi connectivity index (χ0) is 13.3. The zero-order valence-corrected chi connectivity index (χ0v) is 9.74. The molecule has 2 aliphatic rings. The Morgan fingerprint density at radius 2 is 1.94 bits per heavy atom. The van der Waals surface area contributed by atoms with Crippen LogP contribution in [0.5, 0.6) is 0 Å². The van der Waals surface area contributed by atoms with Crippen molar-refractivity contribution in [3.05, 3.63) is 0 Å². The minimum Gasteiger partial charge on any atom is -0.340 e. The third kappa shape index (κ3) is 2.93. The van der Waals surface area contributed by atoms with Crippen LogP contribution in [-0.4, -0.2) is 55.0 Å². The molecule has 2 atom stereocenters. The van der Waals surface area contributed by atoms with Gasteiger partial charge in [-0.2, -0.15) is 13.2 Å². The fourth-order valence-corrected chi connectivity index (χ4v) is 2.14. The first kappa shape index (κ1) is 13.6. The van der Waals surface area contributed by atoms with Crippen molar-refractivity contribution in [3.8, 4) is 0 Å². The quantitative estimate of drug-likeness (QED) is 0.691. The van der Waals surface area contributed by atoms with Gasteiger partial charge in [0.15, 0.2) is 6.10 Å². The molecule has 2 fully saturated rings. The molecular weight excluding hydrogens is 251 g/mol. The molecule has 0 aliphatic carbocycles. The van der Waals surface area contributed by atoms with Crippen LogP contribution >= 0.6 is 0 Å². The van der Waals surface area contributed by atoms with Crippen molar-refractivity contribution in [1.82, 2.24) is 10.2 Å². The molecular formula is C10H16F3N3O2. The van der Waals surface area contributed by atoms with Crippen LogP contribution in [0.3, 0.4) is 0 Å². The van der Waals surface area contributed by atoms with E-state index in [4.69, 9.17) is 10.5 Å². The monoisotopic (exact) mass is 267 g/mol. The lowest BCUT2D eigenvalue weighted by Gasteiger charge is -2.31. The molecule has 0 bridgehead atoms. The van der Waals surface area contributed by atoms with Gasteiger partial charge in [0.1, 0.15) is 0 Å². The molecule has 2 rings (SSSR count). The van der Waals surface area contributed by atoms with Crippen molar-refractivity contribution in [2.75, 3.05) is 19.6 Å². The topological polar surface area (TPSA) is 67.6 Å². The minimum atomic E-state index is -4.49. The summed E-state index contributed by atoms with van der Waals surface area (Å²) in [5.74, 6) is -0.388. The Hall–Kier alpha value is -0.860. The fourth-order valence-electron chi connectivity index (χ4n) is 2.14. The molecule has 0 aromatic rings. The SMILES string of the molecule is NC1CCN(C(=O)C2CNC(C(F)(F)F)O2)CC1. The van der Waals surface area contributed by atoms with Gasteiger partial charge in [0.2, 0.25) is 6.23 Å². The number of likely N-dealkylation sites (tertiary alicyclic amines) is 1. The molecule has 104 valence electrons. The lowest BCUT2D eigenvalue weighted by Crippen LogP contribution is -2.47. The molecule has 3 N–H and O–H groups in total. The second-order valence-electron chi connectivity index (χ2n) is 4.62. The zero-order valence-electron chi connectivity index (χ0n) is 9.74. The normalized spacial score (nSPS) is 30.8. The summed E-state index contributed by atoms with van der Waals surface area (Å²) >= 11 is 0. The first-order chi connectivity index (χ1) is 8.38. The number of nitrogens with zero attached hydrogens (tertiary/aromatic N) is 1. The van der Waals surface area contributed by atoms with Gasteiger partial charge in [-0.25, -0.2) is 0 Å². The molecule has 8 heteroatoms. The smallest absolute Gasteiger partial charge is 0.340 e. The van der Waals surface area contributed by atoms with Gasteiger partial charge in [0.05, 0.1) is 0 Å². The van der Waals surface area contributed by atoms with E-state index in [-0.39, 0.29) is 18.5 Å². The number of alkyl halides is 3.